The molecule has 2 heterocycles. The monoisotopic (exact) mass is 385 g/mol. The Morgan fingerprint density at radius 2 is 1.79 bits per heavy atom. The topological polar surface area (TPSA) is 72.0 Å². The van der Waals surface area contributed by atoms with E-state index in [1.54, 1.807) is 24.1 Å². The Bertz CT molecular complexity index is 868. The average Bonchev–Trinajstić information content (AvgIpc) is 2.66. The van der Waals surface area contributed by atoms with Crippen molar-refractivity contribution in [3.8, 4) is 0 Å². The zero-order chi connectivity index (χ0) is 20.3. The third kappa shape index (κ3) is 4.71. The number of esters is 1. The number of nitrogens with zero attached hydrogens (tertiary/aromatic N) is 3. The van der Waals surface area contributed by atoms with E-state index in [9.17, 15) is 9.59 Å². The highest BCUT2D eigenvalue weighted by Crippen LogP contribution is 2.24. The van der Waals surface area contributed by atoms with E-state index in [0.29, 0.717) is 25.4 Å². The third-order valence-corrected chi connectivity index (χ3v) is 4.49. The number of fused-ring (bicyclic) bond motifs is 1. The lowest BCUT2D eigenvalue weighted by Gasteiger charge is -2.36. The first-order valence-electron chi connectivity index (χ1n) is 9.56. The lowest BCUT2D eigenvalue weighted by Crippen LogP contribution is -2.50. The van der Waals surface area contributed by atoms with E-state index >= 15 is 0 Å². The summed E-state index contributed by atoms with van der Waals surface area (Å²) in [7, 11) is 0. The Labute approximate surface area is 165 Å². The number of aromatic nitrogens is 1. The van der Waals surface area contributed by atoms with E-state index in [0.717, 1.165) is 29.5 Å². The van der Waals surface area contributed by atoms with Gasteiger partial charge in [0.2, 0.25) is 0 Å². The molecule has 0 radical (unpaired) electrons. The van der Waals surface area contributed by atoms with Crippen LogP contribution >= 0.6 is 0 Å². The molecule has 1 amide bonds. The molecule has 0 aliphatic carbocycles. The van der Waals surface area contributed by atoms with Gasteiger partial charge in [-0.1, -0.05) is 6.07 Å². The molecule has 150 valence electrons. The van der Waals surface area contributed by atoms with Crippen LogP contribution in [0.25, 0.3) is 10.8 Å². The number of piperazine rings is 1. The molecule has 1 saturated heterocycles. The molecule has 1 aliphatic heterocycles. The largest absolute Gasteiger partial charge is 0.461 e. The molecule has 0 unspecified atom stereocenters. The smallest absolute Gasteiger partial charge is 0.410 e. The number of ether oxygens (including phenoxy) is 2. The molecular formula is C21H27N3O4. The molecule has 7 heteroatoms. The molecule has 2 aromatic rings. The fourth-order valence-electron chi connectivity index (χ4n) is 3.12. The Morgan fingerprint density at radius 3 is 2.43 bits per heavy atom. The minimum atomic E-state index is -0.489. The van der Waals surface area contributed by atoms with Crippen molar-refractivity contribution >= 4 is 28.5 Å². The van der Waals surface area contributed by atoms with Crippen molar-refractivity contribution in [3.05, 3.63) is 36.2 Å². The number of carbonyl (C=O) groups is 2. The van der Waals surface area contributed by atoms with Crippen LogP contribution in [0.3, 0.4) is 0 Å². The van der Waals surface area contributed by atoms with E-state index in [4.69, 9.17) is 9.47 Å². The van der Waals surface area contributed by atoms with Crippen molar-refractivity contribution in [2.45, 2.75) is 33.3 Å². The molecule has 0 spiro atoms. The first kappa shape index (κ1) is 19.9. The lowest BCUT2D eigenvalue weighted by molar-refractivity contribution is 0.0240. The number of rotatable bonds is 3. The molecular weight excluding hydrogens is 358 g/mol. The van der Waals surface area contributed by atoms with Gasteiger partial charge >= 0.3 is 12.1 Å². The van der Waals surface area contributed by atoms with Crippen LogP contribution in [0.5, 0.6) is 0 Å². The fourth-order valence-corrected chi connectivity index (χ4v) is 3.12. The Kier molecular flexibility index (Phi) is 5.72. The van der Waals surface area contributed by atoms with Crippen molar-refractivity contribution in [1.82, 2.24) is 9.88 Å². The van der Waals surface area contributed by atoms with Gasteiger partial charge in [-0.2, -0.15) is 0 Å². The second kappa shape index (κ2) is 8.04. The zero-order valence-electron chi connectivity index (χ0n) is 16.9. The van der Waals surface area contributed by atoms with E-state index in [1.165, 1.54) is 0 Å². The molecule has 0 bridgehead atoms. The van der Waals surface area contributed by atoms with E-state index in [-0.39, 0.29) is 6.09 Å². The highest BCUT2D eigenvalue weighted by molar-refractivity contribution is 5.94. The molecule has 1 fully saturated rings. The molecule has 0 N–H and O–H groups in total. The van der Waals surface area contributed by atoms with Gasteiger partial charge in [-0.05, 0) is 51.3 Å². The van der Waals surface area contributed by atoms with Gasteiger partial charge in [0.25, 0.3) is 0 Å². The van der Waals surface area contributed by atoms with Crippen LogP contribution in [-0.4, -0.2) is 60.3 Å². The fraction of sp³-hybridized carbons (Fsp3) is 0.476. The first-order valence-corrected chi connectivity index (χ1v) is 9.56. The van der Waals surface area contributed by atoms with Crippen LogP contribution in [0.4, 0.5) is 10.5 Å². The van der Waals surface area contributed by atoms with Gasteiger partial charge in [0.1, 0.15) is 11.3 Å². The van der Waals surface area contributed by atoms with Crippen molar-refractivity contribution in [1.29, 1.82) is 0 Å². The van der Waals surface area contributed by atoms with Crippen LogP contribution in [0.2, 0.25) is 0 Å². The summed E-state index contributed by atoms with van der Waals surface area (Å²) < 4.78 is 10.5. The second-order valence-corrected chi connectivity index (χ2v) is 7.78. The maximum absolute atomic E-state index is 12.2. The SMILES string of the molecule is CCOC(=O)c1cc2cc(N3CCN(C(=O)OC(C)(C)C)CC3)ccc2cn1. The van der Waals surface area contributed by atoms with Crippen LogP contribution in [0.1, 0.15) is 38.2 Å². The molecule has 28 heavy (non-hydrogen) atoms. The van der Waals surface area contributed by atoms with Gasteiger partial charge in [0.15, 0.2) is 0 Å². The molecule has 0 atom stereocenters. The quantitative estimate of drug-likeness (QED) is 0.754. The van der Waals surface area contributed by atoms with Gasteiger partial charge < -0.3 is 19.3 Å². The number of carbonyl (C=O) groups excluding carboxylic acids is 2. The molecule has 3 rings (SSSR count). The summed E-state index contributed by atoms with van der Waals surface area (Å²) >= 11 is 0. The van der Waals surface area contributed by atoms with E-state index < -0.39 is 11.6 Å². The zero-order valence-corrected chi connectivity index (χ0v) is 16.9. The standard InChI is InChI=1S/C21H27N3O4/c1-5-27-19(25)18-13-16-12-17(7-6-15(16)14-22-18)23-8-10-24(11-9-23)20(26)28-21(2,3)4/h6-7,12-14H,5,8-11H2,1-4H3. The number of hydrogen-bond donors (Lipinski definition) is 0. The summed E-state index contributed by atoms with van der Waals surface area (Å²) in [6.45, 7) is 10.4. The molecule has 0 saturated carbocycles. The summed E-state index contributed by atoms with van der Waals surface area (Å²) in [6.07, 6.45) is 1.42. The second-order valence-electron chi connectivity index (χ2n) is 7.78. The highest BCUT2D eigenvalue weighted by Gasteiger charge is 2.26. The van der Waals surface area contributed by atoms with Gasteiger partial charge in [-0.15, -0.1) is 0 Å². The summed E-state index contributed by atoms with van der Waals surface area (Å²) in [5.41, 5.74) is 0.871. The van der Waals surface area contributed by atoms with Crippen LogP contribution in [0.15, 0.2) is 30.5 Å². The molecule has 1 aromatic carbocycles. The maximum Gasteiger partial charge on any atom is 0.410 e. The molecule has 7 nitrogen and oxygen atoms in total. The van der Waals surface area contributed by atoms with Crippen molar-refractivity contribution in [3.63, 3.8) is 0 Å². The number of pyridine rings is 1. The number of anilines is 1. The Balaban J connectivity index is 1.70. The Hall–Kier alpha value is -2.83. The van der Waals surface area contributed by atoms with Crippen molar-refractivity contribution in [2.24, 2.45) is 0 Å². The summed E-state index contributed by atoms with van der Waals surface area (Å²) in [5.74, 6) is -0.416. The molecule has 1 aliphatic rings. The highest BCUT2D eigenvalue weighted by atomic mass is 16.6. The van der Waals surface area contributed by atoms with Crippen LogP contribution < -0.4 is 4.90 Å². The number of amides is 1. The first-order chi connectivity index (χ1) is 13.3. The van der Waals surface area contributed by atoms with Crippen LogP contribution in [-0.2, 0) is 9.47 Å². The van der Waals surface area contributed by atoms with Gasteiger partial charge in [0.05, 0.1) is 6.61 Å². The minimum absolute atomic E-state index is 0.268. The Morgan fingerprint density at radius 1 is 1.07 bits per heavy atom. The van der Waals surface area contributed by atoms with Gasteiger partial charge in [-0.3, -0.25) is 0 Å². The van der Waals surface area contributed by atoms with Crippen LogP contribution in [0, 0.1) is 0 Å². The molecule has 1 aromatic heterocycles. The van der Waals surface area contributed by atoms with E-state index in [1.807, 2.05) is 39.0 Å². The minimum Gasteiger partial charge on any atom is -0.461 e. The normalized spacial score (nSPS) is 14.9. The average molecular weight is 385 g/mol. The van der Waals surface area contributed by atoms with Crippen molar-refractivity contribution in [2.75, 3.05) is 37.7 Å². The predicted octanol–water partition coefficient (Wildman–Crippen LogP) is 3.47. The summed E-state index contributed by atoms with van der Waals surface area (Å²) in [5, 5.41) is 1.90. The van der Waals surface area contributed by atoms with Gasteiger partial charge in [-0.25, -0.2) is 14.6 Å². The summed E-state index contributed by atoms with van der Waals surface area (Å²) in [6, 6.07) is 7.83. The number of benzene rings is 1. The number of hydrogen-bond acceptors (Lipinski definition) is 6. The third-order valence-electron chi connectivity index (χ3n) is 4.49. The maximum atomic E-state index is 12.2. The predicted molar refractivity (Wildman–Crippen MR) is 108 cm³/mol. The van der Waals surface area contributed by atoms with Crippen molar-refractivity contribution < 1.29 is 19.1 Å². The van der Waals surface area contributed by atoms with E-state index in [2.05, 4.69) is 9.88 Å². The summed E-state index contributed by atoms with van der Waals surface area (Å²) in [4.78, 5) is 32.3. The lowest BCUT2D eigenvalue weighted by atomic mass is 10.1. The van der Waals surface area contributed by atoms with Gasteiger partial charge in [0, 0.05) is 43.4 Å².